The number of aryl methyl sites for hydroxylation is 2. The van der Waals surface area contributed by atoms with Crippen molar-refractivity contribution in [2.24, 2.45) is 0 Å². The van der Waals surface area contributed by atoms with Gasteiger partial charge in [-0.25, -0.2) is 0 Å². The summed E-state index contributed by atoms with van der Waals surface area (Å²) in [5.41, 5.74) is 2.65. The van der Waals surface area contributed by atoms with Crippen molar-refractivity contribution in [1.82, 2.24) is 9.78 Å². The van der Waals surface area contributed by atoms with Gasteiger partial charge in [-0.15, -0.1) is 0 Å². The van der Waals surface area contributed by atoms with Gasteiger partial charge in [0.1, 0.15) is 6.54 Å². The smallest absolute Gasteiger partial charge is 0.358 e. The highest BCUT2D eigenvalue weighted by Gasteiger charge is 2.20. The SMILES string of the molecule is Cc1ccc(C(=O)Cn2cc(Cl)c([N+](=O)[O-])n2)cc1C. The zero-order chi connectivity index (χ0) is 14.9. The number of nitro groups is 1. The number of nitrogens with zero attached hydrogens (tertiary/aromatic N) is 3. The van der Waals surface area contributed by atoms with Crippen molar-refractivity contribution in [3.63, 3.8) is 0 Å². The van der Waals surface area contributed by atoms with Crippen LogP contribution in [0.1, 0.15) is 21.5 Å². The summed E-state index contributed by atoms with van der Waals surface area (Å²) in [5.74, 6) is -0.623. The maximum absolute atomic E-state index is 12.1. The standard InChI is InChI=1S/C13H12ClN3O3/c1-8-3-4-10(5-9(8)2)12(18)7-16-6-11(14)13(15-16)17(19)20/h3-6H,7H2,1-2H3. The fourth-order valence-electron chi connectivity index (χ4n) is 1.74. The Morgan fingerprint density at radius 3 is 2.65 bits per heavy atom. The zero-order valence-corrected chi connectivity index (χ0v) is 11.7. The molecule has 0 aliphatic carbocycles. The number of ketones is 1. The Morgan fingerprint density at radius 1 is 1.40 bits per heavy atom. The molecular formula is C13H12ClN3O3. The van der Waals surface area contributed by atoms with E-state index in [2.05, 4.69) is 5.10 Å². The van der Waals surface area contributed by atoms with E-state index < -0.39 is 10.7 Å². The molecule has 0 aliphatic rings. The van der Waals surface area contributed by atoms with Crippen LogP contribution in [-0.4, -0.2) is 20.5 Å². The highest BCUT2D eigenvalue weighted by Crippen LogP contribution is 2.21. The topological polar surface area (TPSA) is 78.0 Å². The molecule has 0 saturated carbocycles. The van der Waals surface area contributed by atoms with E-state index in [-0.39, 0.29) is 17.4 Å². The second-order valence-corrected chi connectivity index (χ2v) is 4.88. The summed E-state index contributed by atoms with van der Waals surface area (Å²) in [7, 11) is 0. The summed E-state index contributed by atoms with van der Waals surface area (Å²) in [6.07, 6.45) is 1.28. The molecule has 104 valence electrons. The third kappa shape index (κ3) is 2.85. The summed E-state index contributed by atoms with van der Waals surface area (Å²) < 4.78 is 1.18. The highest BCUT2D eigenvalue weighted by atomic mass is 35.5. The maximum Gasteiger partial charge on any atom is 0.408 e. The molecular weight excluding hydrogens is 282 g/mol. The van der Waals surface area contributed by atoms with Crippen molar-refractivity contribution >= 4 is 23.2 Å². The van der Waals surface area contributed by atoms with Gasteiger partial charge in [0.15, 0.2) is 10.8 Å². The van der Waals surface area contributed by atoms with E-state index in [0.29, 0.717) is 5.56 Å². The third-order valence-corrected chi connectivity index (χ3v) is 3.27. The number of aromatic nitrogens is 2. The first-order valence-corrected chi connectivity index (χ1v) is 6.24. The fourth-order valence-corrected chi connectivity index (χ4v) is 1.96. The van der Waals surface area contributed by atoms with E-state index in [9.17, 15) is 14.9 Å². The van der Waals surface area contributed by atoms with Crippen molar-refractivity contribution in [3.8, 4) is 0 Å². The van der Waals surface area contributed by atoms with Crippen LogP contribution < -0.4 is 0 Å². The Hall–Kier alpha value is -2.21. The molecule has 7 heteroatoms. The molecule has 0 fully saturated rings. The monoisotopic (exact) mass is 293 g/mol. The van der Waals surface area contributed by atoms with Gasteiger partial charge in [-0.3, -0.25) is 4.79 Å². The van der Waals surface area contributed by atoms with Crippen molar-refractivity contribution in [2.75, 3.05) is 0 Å². The minimum atomic E-state index is -0.681. The molecule has 0 spiro atoms. The average molecular weight is 294 g/mol. The van der Waals surface area contributed by atoms with Crippen LogP contribution in [0.2, 0.25) is 5.02 Å². The van der Waals surface area contributed by atoms with Crippen LogP contribution in [0.4, 0.5) is 5.82 Å². The molecule has 20 heavy (non-hydrogen) atoms. The van der Waals surface area contributed by atoms with Crippen molar-refractivity contribution in [3.05, 3.63) is 56.2 Å². The van der Waals surface area contributed by atoms with Gasteiger partial charge in [0.2, 0.25) is 0 Å². The summed E-state index contributed by atoms with van der Waals surface area (Å²) in [4.78, 5) is 22.0. The lowest BCUT2D eigenvalue weighted by Crippen LogP contribution is -2.11. The Kier molecular flexibility index (Phi) is 3.85. The maximum atomic E-state index is 12.1. The first-order valence-electron chi connectivity index (χ1n) is 5.86. The van der Waals surface area contributed by atoms with Crippen LogP contribution in [0.3, 0.4) is 0 Å². The zero-order valence-electron chi connectivity index (χ0n) is 11.0. The molecule has 0 aliphatic heterocycles. The molecule has 1 heterocycles. The van der Waals surface area contributed by atoms with E-state index in [1.54, 1.807) is 12.1 Å². The first-order chi connectivity index (χ1) is 9.38. The lowest BCUT2D eigenvalue weighted by Gasteiger charge is -2.03. The molecule has 0 saturated heterocycles. The van der Waals surface area contributed by atoms with E-state index >= 15 is 0 Å². The molecule has 0 radical (unpaired) electrons. The van der Waals surface area contributed by atoms with E-state index in [4.69, 9.17) is 11.6 Å². The predicted octanol–water partition coefficient (Wildman–Crippen LogP) is 2.94. The Bertz CT molecular complexity index is 694. The van der Waals surface area contributed by atoms with Crippen LogP contribution >= 0.6 is 11.6 Å². The molecule has 1 aromatic heterocycles. The first kappa shape index (κ1) is 14.2. The highest BCUT2D eigenvalue weighted by molar-refractivity contribution is 6.32. The molecule has 0 bridgehead atoms. The van der Waals surface area contributed by atoms with Gasteiger partial charge in [-0.05, 0) is 36.0 Å². The number of carbonyl (C=O) groups is 1. The third-order valence-electron chi connectivity index (χ3n) is 3.01. The molecule has 6 nitrogen and oxygen atoms in total. The lowest BCUT2D eigenvalue weighted by molar-refractivity contribution is -0.389. The van der Waals surface area contributed by atoms with Gasteiger partial charge >= 0.3 is 5.82 Å². The number of carbonyl (C=O) groups excluding carboxylic acids is 1. The molecule has 1 aromatic carbocycles. The fraction of sp³-hybridized carbons (Fsp3) is 0.231. The van der Waals surface area contributed by atoms with Crippen LogP contribution in [0.25, 0.3) is 0 Å². The van der Waals surface area contributed by atoms with Gasteiger partial charge in [0, 0.05) is 5.56 Å². The Balaban J connectivity index is 2.21. The number of Topliss-reactive ketones (excluding diaryl/α,β-unsaturated/α-hetero) is 1. The number of hydrogen-bond donors (Lipinski definition) is 0. The van der Waals surface area contributed by atoms with Gasteiger partial charge in [-0.1, -0.05) is 23.7 Å². The number of rotatable bonds is 4. The van der Waals surface area contributed by atoms with Crippen molar-refractivity contribution in [2.45, 2.75) is 20.4 Å². The molecule has 0 unspecified atom stereocenters. The second kappa shape index (κ2) is 5.42. The quantitative estimate of drug-likeness (QED) is 0.493. The summed E-state index contributed by atoms with van der Waals surface area (Å²) in [5, 5.41) is 14.2. The van der Waals surface area contributed by atoms with Crippen LogP contribution in [0, 0.1) is 24.0 Å². The predicted molar refractivity (Wildman–Crippen MR) is 74.1 cm³/mol. The van der Waals surface area contributed by atoms with Crippen LogP contribution in [0.15, 0.2) is 24.4 Å². The minimum absolute atomic E-state index is 0.0807. The van der Waals surface area contributed by atoms with E-state index in [1.807, 2.05) is 19.9 Å². The Morgan fingerprint density at radius 2 is 2.10 bits per heavy atom. The molecule has 2 rings (SSSR count). The van der Waals surface area contributed by atoms with Gasteiger partial charge in [0.25, 0.3) is 0 Å². The van der Waals surface area contributed by atoms with Crippen LogP contribution in [0.5, 0.6) is 0 Å². The van der Waals surface area contributed by atoms with Crippen molar-refractivity contribution in [1.29, 1.82) is 0 Å². The van der Waals surface area contributed by atoms with E-state index in [0.717, 1.165) is 11.1 Å². The van der Waals surface area contributed by atoms with Crippen LogP contribution in [-0.2, 0) is 6.54 Å². The summed E-state index contributed by atoms with van der Waals surface area (Å²) in [6, 6.07) is 5.38. The van der Waals surface area contributed by atoms with Gasteiger partial charge in [-0.2, -0.15) is 4.68 Å². The lowest BCUT2D eigenvalue weighted by atomic mass is 10.0. The second-order valence-electron chi connectivity index (χ2n) is 4.48. The number of hydrogen-bond acceptors (Lipinski definition) is 4. The Labute approximate surface area is 120 Å². The summed E-state index contributed by atoms with van der Waals surface area (Å²) >= 11 is 5.68. The van der Waals surface area contributed by atoms with Gasteiger partial charge in [0.05, 0.1) is 11.3 Å². The molecule has 0 amide bonds. The number of benzene rings is 1. The van der Waals surface area contributed by atoms with Gasteiger partial charge < -0.3 is 10.1 Å². The molecule has 0 N–H and O–H groups in total. The largest absolute Gasteiger partial charge is 0.408 e. The molecule has 0 atom stereocenters. The summed E-state index contributed by atoms with van der Waals surface area (Å²) in [6.45, 7) is 3.79. The normalized spacial score (nSPS) is 10.6. The number of halogens is 1. The van der Waals surface area contributed by atoms with E-state index in [1.165, 1.54) is 10.9 Å². The minimum Gasteiger partial charge on any atom is -0.358 e. The average Bonchev–Trinajstić information content (AvgIpc) is 2.73. The molecule has 2 aromatic rings. The van der Waals surface area contributed by atoms with Crippen molar-refractivity contribution < 1.29 is 9.72 Å².